The average molecular weight is 312 g/mol. The molecule has 3 nitrogen and oxygen atoms in total. The Hall–Kier alpha value is -0.870. The molecular weight excluding hydrogens is 294 g/mol. The summed E-state index contributed by atoms with van der Waals surface area (Å²) in [5, 5.41) is 0. The molecule has 1 aliphatic heterocycles. The topological polar surface area (TPSA) is 32.8 Å². The van der Waals surface area contributed by atoms with Gasteiger partial charge >= 0.3 is 0 Å². The van der Waals surface area contributed by atoms with E-state index in [-0.39, 0.29) is 24.2 Å². The number of ether oxygens (including phenoxy) is 1. The number of hydrogen-bond acceptors (Lipinski definition) is 2. The second-order valence-corrected chi connectivity index (χ2v) is 5.77. The number of rotatable bonds is 4. The lowest BCUT2D eigenvalue weighted by atomic mass is 10.1. The van der Waals surface area contributed by atoms with Crippen LogP contribution in [0.5, 0.6) is 0 Å². The van der Waals surface area contributed by atoms with Crippen LogP contribution in [0.2, 0.25) is 0 Å². The fourth-order valence-corrected chi connectivity index (χ4v) is 2.34. The van der Waals surface area contributed by atoms with Gasteiger partial charge in [-0.15, -0.1) is 0 Å². The lowest BCUT2D eigenvalue weighted by Gasteiger charge is -2.26. The van der Waals surface area contributed by atoms with Gasteiger partial charge in [-0.05, 0) is 32.4 Å². The lowest BCUT2D eigenvalue weighted by Crippen LogP contribution is -2.39. The number of nitrogens with zero attached hydrogens (tertiary/aromatic N) is 1. The predicted octanol–water partition coefficient (Wildman–Crippen LogP) is 2.97. The molecule has 0 aliphatic carbocycles. The van der Waals surface area contributed by atoms with Gasteiger partial charge in [0, 0.05) is 17.1 Å². The van der Waals surface area contributed by atoms with Crippen molar-refractivity contribution in [2.75, 3.05) is 0 Å². The number of benzene rings is 1. The third-order valence-electron chi connectivity index (χ3n) is 3.16. The Labute approximate surface area is 116 Å². The number of carbonyl (C=O) groups is 1. The molecule has 18 heavy (non-hydrogen) atoms. The molecule has 98 valence electrons. The number of amides is 1. The van der Waals surface area contributed by atoms with Crippen LogP contribution < -0.4 is 0 Å². The summed E-state index contributed by atoms with van der Waals surface area (Å²) in [5.74, 6) is 0.0910. The molecule has 0 spiro atoms. The summed E-state index contributed by atoms with van der Waals surface area (Å²) in [7, 11) is 0. The van der Waals surface area contributed by atoms with Crippen molar-refractivity contribution in [2.24, 2.45) is 0 Å². The Bertz CT molecular complexity index is 447. The van der Waals surface area contributed by atoms with Crippen LogP contribution in [0, 0.1) is 0 Å². The van der Waals surface area contributed by atoms with E-state index < -0.39 is 0 Å². The second kappa shape index (κ2) is 5.41. The maximum Gasteiger partial charge on any atom is 0.254 e. The van der Waals surface area contributed by atoms with Crippen LogP contribution in [0.25, 0.3) is 0 Å². The molecule has 0 radical (unpaired) electrons. The molecule has 1 saturated heterocycles. The summed E-state index contributed by atoms with van der Waals surface area (Å²) in [6.07, 6.45) is -0.173. The Balaban J connectivity index is 2.12. The van der Waals surface area contributed by atoms with Gasteiger partial charge in [-0.1, -0.05) is 34.1 Å². The highest BCUT2D eigenvalue weighted by Gasteiger charge is 2.44. The second-order valence-electron chi connectivity index (χ2n) is 4.91. The molecule has 0 aromatic heterocycles. The van der Waals surface area contributed by atoms with Crippen molar-refractivity contribution in [1.82, 2.24) is 4.90 Å². The Kier molecular flexibility index (Phi) is 4.07. The minimum Gasteiger partial charge on any atom is -0.359 e. The fraction of sp³-hybridized carbons (Fsp3) is 0.500. The predicted molar refractivity (Wildman–Crippen MR) is 74.2 cm³/mol. The van der Waals surface area contributed by atoms with Gasteiger partial charge in [0.1, 0.15) is 0 Å². The van der Waals surface area contributed by atoms with Gasteiger partial charge in [-0.25, -0.2) is 0 Å². The van der Waals surface area contributed by atoms with E-state index in [2.05, 4.69) is 15.9 Å². The first-order valence-corrected chi connectivity index (χ1v) is 6.99. The van der Waals surface area contributed by atoms with Crippen molar-refractivity contribution in [3.63, 3.8) is 0 Å². The number of hydrogen-bond donors (Lipinski definition) is 0. The van der Waals surface area contributed by atoms with Crippen LogP contribution in [0.1, 0.15) is 26.3 Å². The van der Waals surface area contributed by atoms with Gasteiger partial charge in [0.25, 0.3) is 5.91 Å². The molecule has 1 aromatic rings. The van der Waals surface area contributed by atoms with E-state index in [9.17, 15) is 4.79 Å². The van der Waals surface area contributed by atoms with E-state index in [4.69, 9.17) is 4.74 Å². The monoisotopic (exact) mass is 311 g/mol. The largest absolute Gasteiger partial charge is 0.359 e. The molecule has 1 heterocycles. The van der Waals surface area contributed by atoms with Crippen LogP contribution in [0.15, 0.2) is 28.7 Å². The first-order valence-electron chi connectivity index (χ1n) is 6.20. The Morgan fingerprint density at radius 3 is 2.56 bits per heavy atom. The van der Waals surface area contributed by atoms with Crippen LogP contribution in [-0.2, 0) is 16.1 Å². The highest BCUT2D eigenvalue weighted by Crippen LogP contribution is 2.26. The minimum absolute atomic E-state index is 0.0676. The minimum atomic E-state index is -0.241. The molecule has 1 amide bonds. The maximum absolute atomic E-state index is 12.3. The lowest BCUT2D eigenvalue weighted by molar-refractivity contribution is -0.134. The SMILES string of the molecule is CC(C)N(Cc1ccccc1Br)C(=O)[C@@H]1O[C@H]1C. The summed E-state index contributed by atoms with van der Waals surface area (Å²) < 4.78 is 6.31. The molecule has 1 aromatic carbocycles. The van der Waals surface area contributed by atoms with Crippen LogP contribution >= 0.6 is 15.9 Å². The molecule has 2 rings (SSSR count). The summed E-state index contributed by atoms with van der Waals surface area (Å²) in [6.45, 7) is 6.60. The van der Waals surface area contributed by atoms with Gasteiger partial charge in [-0.2, -0.15) is 0 Å². The molecule has 1 fully saturated rings. The highest BCUT2D eigenvalue weighted by atomic mass is 79.9. The summed E-state index contributed by atoms with van der Waals surface area (Å²) >= 11 is 3.52. The molecule has 1 aliphatic rings. The van der Waals surface area contributed by atoms with Crippen molar-refractivity contribution < 1.29 is 9.53 Å². The van der Waals surface area contributed by atoms with E-state index in [1.54, 1.807) is 0 Å². The van der Waals surface area contributed by atoms with Gasteiger partial charge in [-0.3, -0.25) is 4.79 Å². The van der Waals surface area contributed by atoms with Crippen LogP contribution in [0.3, 0.4) is 0 Å². The van der Waals surface area contributed by atoms with Crippen molar-refractivity contribution >= 4 is 21.8 Å². The highest BCUT2D eigenvalue weighted by molar-refractivity contribution is 9.10. The molecule has 0 N–H and O–H groups in total. The standard InChI is InChI=1S/C14H18BrNO2/c1-9(2)16(14(17)13-10(3)18-13)8-11-6-4-5-7-12(11)15/h4-7,9-10,13H,8H2,1-3H3/t10-,13+/m0/s1. The number of halogens is 1. The molecule has 0 bridgehead atoms. The van der Waals surface area contributed by atoms with Gasteiger partial charge in [0.15, 0.2) is 6.10 Å². The first kappa shape index (κ1) is 13.6. The van der Waals surface area contributed by atoms with Crippen molar-refractivity contribution in [1.29, 1.82) is 0 Å². The average Bonchev–Trinajstić information content (AvgIpc) is 3.04. The van der Waals surface area contributed by atoms with E-state index in [0.717, 1.165) is 10.0 Å². The van der Waals surface area contributed by atoms with E-state index in [0.29, 0.717) is 6.54 Å². The van der Waals surface area contributed by atoms with Gasteiger partial charge in [0.05, 0.1) is 6.10 Å². The number of epoxide rings is 1. The quantitative estimate of drug-likeness (QED) is 0.801. The van der Waals surface area contributed by atoms with Crippen molar-refractivity contribution in [3.8, 4) is 0 Å². The van der Waals surface area contributed by atoms with Crippen molar-refractivity contribution in [2.45, 2.75) is 45.6 Å². The summed E-state index contributed by atoms with van der Waals surface area (Å²) in [6, 6.07) is 8.15. The fourth-order valence-electron chi connectivity index (χ4n) is 1.93. The van der Waals surface area contributed by atoms with Gasteiger partial charge < -0.3 is 9.64 Å². The third kappa shape index (κ3) is 2.93. The van der Waals surface area contributed by atoms with E-state index in [1.807, 2.05) is 49.9 Å². The third-order valence-corrected chi connectivity index (χ3v) is 3.93. The maximum atomic E-state index is 12.3. The zero-order valence-electron chi connectivity index (χ0n) is 10.9. The normalized spacial score (nSPS) is 22.1. The number of carbonyl (C=O) groups excluding carboxylic acids is 1. The molecular formula is C14H18BrNO2. The smallest absolute Gasteiger partial charge is 0.254 e. The zero-order chi connectivity index (χ0) is 13.3. The molecule has 2 atom stereocenters. The van der Waals surface area contributed by atoms with E-state index in [1.165, 1.54) is 0 Å². The van der Waals surface area contributed by atoms with E-state index >= 15 is 0 Å². The van der Waals surface area contributed by atoms with Crippen LogP contribution in [0.4, 0.5) is 0 Å². The Morgan fingerprint density at radius 2 is 2.06 bits per heavy atom. The zero-order valence-corrected chi connectivity index (χ0v) is 12.5. The Morgan fingerprint density at radius 1 is 1.44 bits per heavy atom. The van der Waals surface area contributed by atoms with Gasteiger partial charge in [0.2, 0.25) is 0 Å². The molecule has 4 heteroatoms. The molecule has 0 saturated carbocycles. The summed E-state index contributed by atoms with van der Waals surface area (Å²) in [4.78, 5) is 14.1. The van der Waals surface area contributed by atoms with Crippen LogP contribution in [-0.4, -0.2) is 29.1 Å². The first-order chi connectivity index (χ1) is 8.50. The van der Waals surface area contributed by atoms with Crippen molar-refractivity contribution in [3.05, 3.63) is 34.3 Å². The molecule has 0 unspecified atom stereocenters. The summed E-state index contributed by atoms with van der Waals surface area (Å²) in [5.41, 5.74) is 1.12.